The molecule has 4 nitrogen and oxygen atoms in total. The van der Waals surface area contributed by atoms with E-state index >= 15 is 0 Å². The number of benzene rings is 2. The average Bonchev–Trinajstić information content (AvgIpc) is 3.12. The molecule has 0 saturated carbocycles. The lowest BCUT2D eigenvalue weighted by atomic mass is 10.0. The van der Waals surface area contributed by atoms with E-state index < -0.39 is 0 Å². The van der Waals surface area contributed by atoms with Gasteiger partial charge in [0.05, 0.1) is 12.8 Å². The van der Waals surface area contributed by atoms with Gasteiger partial charge in [-0.1, -0.05) is 24.3 Å². The number of hydrogen-bond donors (Lipinski definition) is 1. The number of aromatic nitrogens is 2. The molecule has 3 aromatic rings. The summed E-state index contributed by atoms with van der Waals surface area (Å²) in [6.45, 7) is 2.70. The van der Waals surface area contributed by atoms with Gasteiger partial charge in [-0.3, -0.25) is 10.00 Å². The predicted molar refractivity (Wildman–Crippen MR) is 105 cm³/mol. The molecule has 27 heavy (non-hydrogen) atoms. The summed E-state index contributed by atoms with van der Waals surface area (Å²) in [5, 5.41) is 7.62. The Morgan fingerprint density at radius 3 is 2.67 bits per heavy atom. The molecule has 1 aliphatic heterocycles. The summed E-state index contributed by atoms with van der Waals surface area (Å²) in [5.74, 6) is 0.637. The summed E-state index contributed by atoms with van der Waals surface area (Å²) < 4.78 is 18.4. The zero-order valence-corrected chi connectivity index (χ0v) is 15.3. The van der Waals surface area contributed by atoms with Crippen LogP contribution in [0.2, 0.25) is 0 Å². The van der Waals surface area contributed by atoms with E-state index in [1.54, 1.807) is 19.2 Å². The summed E-state index contributed by atoms with van der Waals surface area (Å²) in [4.78, 5) is 2.39. The van der Waals surface area contributed by atoms with Crippen LogP contribution in [-0.4, -0.2) is 35.3 Å². The SMILES string of the molecule is COc1ccc(C=CCN2CCc3[nH]nc(-c4ccc(F)cc4)c3C2)cc1. The second-order valence-electron chi connectivity index (χ2n) is 6.70. The van der Waals surface area contributed by atoms with Crippen LogP contribution in [0.3, 0.4) is 0 Å². The van der Waals surface area contributed by atoms with Crippen LogP contribution in [0, 0.1) is 5.82 Å². The van der Waals surface area contributed by atoms with Crippen molar-refractivity contribution in [3.8, 4) is 17.0 Å². The first-order chi connectivity index (χ1) is 13.2. The average molecular weight is 363 g/mol. The van der Waals surface area contributed by atoms with Crippen molar-refractivity contribution in [2.45, 2.75) is 13.0 Å². The van der Waals surface area contributed by atoms with Gasteiger partial charge in [0.2, 0.25) is 0 Å². The number of nitrogens with zero attached hydrogens (tertiary/aromatic N) is 2. The summed E-state index contributed by atoms with van der Waals surface area (Å²) in [7, 11) is 1.67. The molecule has 4 rings (SSSR count). The van der Waals surface area contributed by atoms with Crippen LogP contribution in [-0.2, 0) is 13.0 Å². The largest absolute Gasteiger partial charge is 0.497 e. The number of hydrogen-bond acceptors (Lipinski definition) is 3. The molecule has 0 atom stereocenters. The zero-order chi connectivity index (χ0) is 18.6. The molecular weight excluding hydrogens is 341 g/mol. The maximum atomic E-state index is 13.2. The van der Waals surface area contributed by atoms with Crippen molar-refractivity contribution in [3.05, 3.63) is 77.2 Å². The van der Waals surface area contributed by atoms with E-state index in [1.165, 1.54) is 23.4 Å². The fraction of sp³-hybridized carbons (Fsp3) is 0.227. The highest BCUT2D eigenvalue weighted by Gasteiger charge is 2.22. The Morgan fingerprint density at radius 2 is 1.93 bits per heavy atom. The summed E-state index contributed by atoms with van der Waals surface area (Å²) in [6, 6.07) is 14.6. The molecule has 1 N–H and O–H groups in total. The molecule has 2 aromatic carbocycles. The van der Waals surface area contributed by atoms with Crippen molar-refractivity contribution in [3.63, 3.8) is 0 Å². The normalized spacial score (nSPS) is 14.4. The van der Waals surface area contributed by atoms with Crippen LogP contribution in [0.4, 0.5) is 4.39 Å². The fourth-order valence-corrected chi connectivity index (χ4v) is 3.41. The molecule has 1 aromatic heterocycles. The van der Waals surface area contributed by atoms with Crippen molar-refractivity contribution in [2.75, 3.05) is 20.2 Å². The van der Waals surface area contributed by atoms with Crippen molar-refractivity contribution in [2.24, 2.45) is 0 Å². The van der Waals surface area contributed by atoms with E-state index in [1.807, 2.05) is 24.3 Å². The highest BCUT2D eigenvalue weighted by molar-refractivity contribution is 5.64. The van der Waals surface area contributed by atoms with Gasteiger partial charge in [0.15, 0.2) is 0 Å². The molecule has 0 amide bonds. The Hall–Kier alpha value is -2.92. The molecule has 0 fully saturated rings. The number of rotatable bonds is 5. The minimum absolute atomic E-state index is 0.228. The number of ether oxygens (including phenoxy) is 1. The fourth-order valence-electron chi connectivity index (χ4n) is 3.41. The van der Waals surface area contributed by atoms with Crippen LogP contribution in [0.1, 0.15) is 16.8 Å². The summed E-state index contributed by atoms with van der Waals surface area (Å²) >= 11 is 0. The summed E-state index contributed by atoms with van der Waals surface area (Å²) in [5.41, 5.74) is 5.43. The van der Waals surface area contributed by atoms with E-state index in [0.29, 0.717) is 0 Å². The molecule has 0 radical (unpaired) electrons. The lowest BCUT2D eigenvalue weighted by Gasteiger charge is -2.25. The van der Waals surface area contributed by atoms with Crippen LogP contribution in [0.5, 0.6) is 5.75 Å². The number of fused-ring (bicyclic) bond motifs is 1. The monoisotopic (exact) mass is 363 g/mol. The highest BCUT2D eigenvalue weighted by atomic mass is 19.1. The first kappa shape index (κ1) is 17.5. The van der Waals surface area contributed by atoms with Gasteiger partial charge in [-0.15, -0.1) is 0 Å². The third-order valence-corrected chi connectivity index (χ3v) is 4.92. The maximum Gasteiger partial charge on any atom is 0.123 e. The van der Waals surface area contributed by atoms with Gasteiger partial charge in [-0.05, 0) is 42.0 Å². The molecule has 0 saturated heterocycles. The maximum absolute atomic E-state index is 13.2. The van der Waals surface area contributed by atoms with Crippen molar-refractivity contribution in [1.82, 2.24) is 15.1 Å². The first-order valence-corrected chi connectivity index (χ1v) is 9.08. The summed E-state index contributed by atoms with van der Waals surface area (Å²) in [6.07, 6.45) is 5.26. The van der Waals surface area contributed by atoms with E-state index in [4.69, 9.17) is 4.74 Å². The van der Waals surface area contributed by atoms with Gasteiger partial charge in [0.1, 0.15) is 11.6 Å². The Bertz CT molecular complexity index is 929. The third-order valence-electron chi connectivity index (χ3n) is 4.92. The standard InChI is InChI=1S/C22H22FN3O/c1-27-19-10-4-16(5-11-19)3-2-13-26-14-12-21-20(15-26)22(25-24-21)17-6-8-18(23)9-7-17/h2-11H,12-15H2,1H3,(H,24,25). The second kappa shape index (κ2) is 7.76. The molecule has 1 aliphatic rings. The zero-order valence-electron chi connectivity index (χ0n) is 15.3. The van der Waals surface area contributed by atoms with Crippen molar-refractivity contribution >= 4 is 6.08 Å². The minimum atomic E-state index is -0.228. The quantitative estimate of drug-likeness (QED) is 0.735. The van der Waals surface area contributed by atoms with Gasteiger partial charge in [-0.25, -0.2) is 4.39 Å². The molecule has 0 bridgehead atoms. The van der Waals surface area contributed by atoms with Crippen LogP contribution >= 0.6 is 0 Å². The molecular formula is C22H22FN3O. The first-order valence-electron chi connectivity index (χ1n) is 9.08. The van der Waals surface area contributed by atoms with Gasteiger partial charge in [-0.2, -0.15) is 5.10 Å². The van der Waals surface area contributed by atoms with Crippen LogP contribution in [0.15, 0.2) is 54.6 Å². The molecule has 0 spiro atoms. The topological polar surface area (TPSA) is 41.1 Å². The number of H-pyrrole nitrogens is 1. The molecule has 0 unspecified atom stereocenters. The number of methoxy groups -OCH3 is 1. The molecule has 2 heterocycles. The Labute approximate surface area is 158 Å². The number of nitrogens with one attached hydrogen (secondary N) is 1. The molecule has 138 valence electrons. The van der Waals surface area contributed by atoms with Gasteiger partial charge < -0.3 is 4.74 Å². The lowest BCUT2D eigenvalue weighted by molar-refractivity contribution is 0.281. The van der Waals surface area contributed by atoms with Gasteiger partial charge in [0, 0.05) is 42.9 Å². The minimum Gasteiger partial charge on any atom is -0.497 e. The highest BCUT2D eigenvalue weighted by Crippen LogP contribution is 2.28. The van der Waals surface area contributed by atoms with Gasteiger partial charge >= 0.3 is 0 Å². The molecule has 5 heteroatoms. The second-order valence-corrected chi connectivity index (χ2v) is 6.70. The predicted octanol–water partition coefficient (Wildman–Crippen LogP) is 4.30. The van der Waals surface area contributed by atoms with Gasteiger partial charge in [0.25, 0.3) is 0 Å². The van der Waals surface area contributed by atoms with E-state index in [0.717, 1.165) is 48.6 Å². The van der Waals surface area contributed by atoms with E-state index in [9.17, 15) is 4.39 Å². The van der Waals surface area contributed by atoms with Crippen molar-refractivity contribution in [1.29, 1.82) is 0 Å². The Kier molecular flexibility index (Phi) is 5.03. The Morgan fingerprint density at radius 1 is 1.15 bits per heavy atom. The number of halogens is 1. The Balaban J connectivity index is 1.44. The van der Waals surface area contributed by atoms with E-state index in [2.05, 4.69) is 27.2 Å². The lowest BCUT2D eigenvalue weighted by Crippen LogP contribution is -2.30. The third kappa shape index (κ3) is 3.93. The van der Waals surface area contributed by atoms with Crippen LogP contribution < -0.4 is 4.74 Å². The van der Waals surface area contributed by atoms with Crippen molar-refractivity contribution < 1.29 is 9.13 Å². The number of aromatic amines is 1. The van der Waals surface area contributed by atoms with E-state index in [-0.39, 0.29) is 5.82 Å². The smallest absolute Gasteiger partial charge is 0.123 e. The van der Waals surface area contributed by atoms with Crippen LogP contribution in [0.25, 0.3) is 17.3 Å². The molecule has 0 aliphatic carbocycles.